The lowest BCUT2D eigenvalue weighted by atomic mass is 10.1. The number of carboxylic acids is 1. The molecule has 0 aliphatic carbocycles. The van der Waals surface area contributed by atoms with E-state index in [1.165, 1.54) is 0 Å². The Bertz CT molecular complexity index is 596. The van der Waals surface area contributed by atoms with Gasteiger partial charge in [0, 0.05) is 12.4 Å². The van der Waals surface area contributed by atoms with Crippen LogP contribution in [0.25, 0.3) is 10.9 Å². The molecular weight excluding hydrogens is 206 g/mol. The molecule has 0 radical (unpaired) electrons. The van der Waals surface area contributed by atoms with E-state index in [0.717, 1.165) is 11.1 Å². The van der Waals surface area contributed by atoms with Crippen molar-refractivity contribution >= 4 is 23.2 Å². The van der Waals surface area contributed by atoms with Crippen LogP contribution in [0, 0.1) is 6.92 Å². The molecule has 1 aromatic carbocycles. The lowest BCUT2D eigenvalue weighted by Gasteiger charge is -2.01. The van der Waals surface area contributed by atoms with E-state index in [-0.39, 0.29) is 11.3 Å². The Morgan fingerprint density at radius 2 is 2.12 bits per heavy atom. The number of hydrogen-bond acceptors (Lipinski definition) is 2. The predicted molar refractivity (Wildman–Crippen MR) is 60.0 cm³/mol. The molecule has 0 unspecified atom stereocenters. The normalized spacial score (nSPS) is 10.6. The van der Waals surface area contributed by atoms with Gasteiger partial charge in [0.15, 0.2) is 6.29 Å². The first kappa shape index (κ1) is 10.4. The Labute approximate surface area is 92.1 Å². The number of rotatable bonds is 2. The monoisotopic (exact) mass is 217 g/mol. The number of carboxylic acid groups (broad SMARTS) is 1. The van der Waals surface area contributed by atoms with Crippen LogP contribution in [0.3, 0.4) is 0 Å². The minimum absolute atomic E-state index is 0.0410. The van der Waals surface area contributed by atoms with Crippen molar-refractivity contribution in [3.05, 3.63) is 35.0 Å². The van der Waals surface area contributed by atoms with E-state index in [1.54, 1.807) is 17.7 Å². The fourth-order valence-electron chi connectivity index (χ4n) is 2.12. The third-order valence-corrected chi connectivity index (χ3v) is 2.77. The van der Waals surface area contributed by atoms with Crippen LogP contribution in [0.2, 0.25) is 0 Å². The molecule has 82 valence electrons. The van der Waals surface area contributed by atoms with Gasteiger partial charge in [-0.2, -0.15) is 0 Å². The number of carbonyl (C=O) groups excluding carboxylic acids is 1. The average molecular weight is 217 g/mol. The molecule has 1 N–H and O–H groups in total. The van der Waals surface area contributed by atoms with Crippen LogP contribution in [0.5, 0.6) is 0 Å². The number of aromatic nitrogens is 1. The van der Waals surface area contributed by atoms with Crippen LogP contribution in [-0.4, -0.2) is 21.9 Å². The van der Waals surface area contributed by atoms with Crippen LogP contribution < -0.4 is 0 Å². The Hall–Kier alpha value is -2.10. The number of hydrogen-bond donors (Lipinski definition) is 1. The van der Waals surface area contributed by atoms with Gasteiger partial charge in [-0.25, -0.2) is 4.79 Å². The quantitative estimate of drug-likeness (QED) is 0.782. The van der Waals surface area contributed by atoms with E-state index in [9.17, 15) is 9.59 Å². The largest absolute Gasteiger partial charge is 0.477 e. The summed E-state index contributed by atoms with van der Waals surface area (Å²) in [4.78, 5) is 22.1. The van der Waals surface area contributed by atoms with Gasteiger partial charge in [-0.3, -0.25) is 4.79 Å². The highest BCUT2D eigenvalue weighted by atomic mass is 16.4. The smallest absolute Gasteiger partial charge is 0.353 e. The van der Waals surface area contributed by atoms with Crippen molar-refractivity contribution in [2.45, 2.75) is 6.92 Å². The average Bonchev–Trinajstić information content (AvgIpc) is 2.52. The maximum atomic E-state index is 11.1. The number of aryl methyl sites for hydroxylation is 2. The third-order valence-electron chi connectivity index (χ3n) is 2.77. The molecule has 0 fully saturated rings. The fraction of sp³-hybridized carbons (Fsp3) is 0.167. The van der Waals surface area contributed by atoms with Gasteiger partial charge >= 0.3 is 5.97 Å². The first-order valence-corrected chi connectivity index (χ1v) is 4.84. The molecule has 1 heterocycles. The summed E-state index contributed by atoms with van der Waals surface area (Å²) in [6.45, 7) is 1.89. The molecule has 0 amide bonds. The maximum absolute atomic E-state index is 11.1. The van der Waals surface area contributed by atoms with Crippen molar-refractivity contribution in [2.24, 2.45) is 7.05 Å². The number of benzene rings is 1. The molecule has 0 saturated carbocycles. The molecule has 2 rings (SSSR count). The lowest BCUT2D eigenvalue weighted by Crippen LogP contribution is -2.07. The van der Waals surface area contributed by atoms with E-state index in [0.29, 0.717) is 11.7 Å². The van der Waals surface area contributed by atoms with Crippen LogP contribution in [0.4, 0.5) is 0 Å². The van der Waals surface area contributed by atoms with Crippen molar-refractivity contribution < 1.29 is 14.7 Å². The van der Waals surface area contributed by atoms with Gasteiger partial charge in [0.2, 0.25) is 0 Å². The van der Waals surface area contributed by atoms with Gasteiger partial charge in [-0.05, 0) is 12.5 Å². The number of nitrogens with zero attached hydrogens (tertiary/aromatic N) is 1. The van der Waals surface area contributed by atoms with Crippen LogP contribution in [-0.2, 0) is 7.05 Å². The Morgan fingerprint density at radius 1 is 1.44 bits per heavy atom. The van der Waals surface area contributed by atoms with Crippen LogP contribution in [0.15, 0.2) is 18.2 Å². The zero-order valence-electron chi connectivity index (χ0n) is 9.02. The van der Waals surface area contributed by atoms with Gasteiger partial charge in [-0.15, -0.1) is 0 Å². The highest BCUT2D eigenvalue weighted by molar-refractivity contribution is 6.08. The number of fused-ring (bicyclic) bond motifs is 1. The molecule has 4 heteroatoms. The second-order valence-electron chi connectivity index (χ2n) is 3.72. The van der Waals surface area contributed by atoms with E-state index in [2.05, 4.69) is 0 Å². The summed E-state index contributed by atoms with van der Waals surface area (Å²) < 4.78 is 1.55. The zero-order chi connectivity index (χ0) is 11.9. The Morgan fingerprint density at radius 3 is 2.69 bits per heavy atom. The molecule has 1 aromatic heterocycles. The highest BCUT2D eigenvalue weighted by Gasteiger charge is 2.20. The molecule has 4 nitrogen and oxygen atoms in total. The molecule has 0 aliphatic heterocycles. The van der Waals surface area contributed by atoms with Gasteiger partial charge < -0.3 is 9.67 Å². The first-order chi connectivity index (χ1) is 7.57. The van der Waals surface area contributed by atoms with Crippen molar-refractivity contribution in [3.63, 3.8) is 0 Å². The molecule has 16 heavy (non-hydrogen) atoms. The summed E-state index contributed by atoms with van der Waals surface area (Å²) in [5.41, 5.74) is 2.03. The zero-order valence-corrected chi connectivity index (χ0v) is 9.02. The van der Waals surface area contributed by atoms with Crippen molar-refractivity contribution in [3.8, 4) is 0 Å². The third kappa shape index (κ3) is 1.23. The van der Waals surface area contributed by atoms with Crippen LogP contribution in [0.1, 0.15) is 26.4 Å². The summed E-state index contributed by atoms with van der Waals surface area (Å²) in [6, 6.07) is 5.47. The summed E-state index contributed by atoms with van der Waals surface area (Å²) in [6.07, 6.45) is 0.602. The van der Waals surface area contributed by atoms with E-state index in [4.69, 9.17) is 5.11 Å². The van der Waals surface area contributed by atoms with E-state index in [1.807, 2.05) is 19.1 Å². The lowest BCUT2D eigenvalue weighted by molar-refractivity contribution is 0.0684. The topological polar surface area (TPSA) is 59.3 Å². The van der Waals surface area contributed by atoms with E-state index >= 15 is 0 Å². The van der Waals surface area contributed by atoms with Crippen molar-refractivity contribution in [1.82, 2.24) is 4.57 Å². The van der Waals surface area contributed by atoms with Crippen molar-refractivity contribution in [1.29, 1.82) is 0 Å². The molecule has 0 spiro atoms. The van der Waals surface area contributed by atoms with Crippen LogP contribution >= 0.6 is 0 Å². The summed E-state index contributed by atoms with van der Waals surface area (Å²) >= 11 is 0. The summed E-state index contributed by atoms with van der Waals surface area (Å²) in [7, 11) is 1.66. The minimum atomic E-state index is -1.08. The standard InChI is InChI=1S/C12H11NO3/c1-7-4-3-5-8-9(6-14)11(12(15)16)13(2)10(7)8/h3-6H,1-2H3,(H,15,16). The number of carbonyl (C=O) groups is 2. The highest BCUT2D eigenvalue weighted by Crippen LogP contribution is 2.26. The maximum Gasteiger partial charge on any atom is 0.353 e. The second-order valence-corrected chi connectivity index (χ2v) is 3.72. The van der Waals surface area contributed by atoms with Gasteiger partial charge in [0.25, 0.3) is 0 Å². The second kappa shape index (κ2) is 3.48. The fourth-order valence-corrected chi connectivity index (χ4v) is 2.12. The SMILES string of the molecule is Cc1cccc2c(C=O)c(C(=O)O)n(C)c12. The summed E-state index contributed by atoms with van der Waals surface area (Å²) in [5.74, 6) is -1.08. The number of aromatic carboxylic acids is 1. The summed E-state index contributed by atoms with van der Waals surface area (Å²) in [5, 5.41) is 9.78. The molecule has 2 aromatic rings. The number of para-hydroxylation sites is 1. The predicted octanol–water partition coefficient (Wildman–Crippen LogP) is 2.00. The minimum Gasteiger partial charge on any atom is -0.477 e. The van der Waals surface area contributed by atoms with Gasteiger partial charge in [0.1, 0.15) is 5.69 Å². The van der Waals surface area contributed by atoms with Gasteiger partial charge in [0.05, 0.1) is 11.1 Å². The molecule has 0 aliphatic rings. The number of aldehydes is 1. The molecule has 0 bridgehead atoms. The van der Waals surface area contributed by atoms with E-state index < -0.39 is 5.97 Å². The Balaban J connectivity index is 3.02. The Kier molecular flexibility index (Phi) is 2.27. The van der Waals surface area contributed by atoms with Gasteiger partial charge in [-0.1, -0.05) is 18.2 Å². The molecule has 0 atom stereocenters. The molecule has 0 saturated heterocycles. The van der Waals surface area contributed by atoms with Crippen molar-refractivity contribution in [2.75, 3.05) is 0 Å². The first-order valence-electron chi connectivity index (χ1n) is 4.84. The molecular formula is C12H11NO3.